The molecular weight excluding hydrogens is 376 g/mol. The lowest BCUT2D eigenvalue weighted by molar-refractivity contribution is 0.242. The summed E-state index contributed by atoms with van der Waals surface area (Å²) in [5, 5.41) is 0. The Hall–Kier alpha value is -3.05. The largest absolute Gasteiger partial charge is 0.497 e. The zero-order chi connectivity index (χ0) is 20.8. The molecule has 1 aliphatic rings. The maximum atomic E-state index is 5.89. The Morgan fingerprint density at radius 1 is 0.900 bits per heavy atom. The number of pyridine rings is 1. The number of hydrogen-bond acceptors (Lipinski definition) is 5. The molecule has 0 spiro atoms. The van der Waals surface area contributed by atoms with Crippen LogP contribution in [0.4, 0.5) is 0 Å². The topological polar surface area (TPSA) is 43.8 Å². The molecule has 1 atom stereocenters. The normalized spacial score (nSPS) is 16.4. The zero-order valence-corrected chi connectivity index (χ0v) is 17.6. The monoisotopic (exact) mass is 404 g/mol. The maximum absolute atomic E-state index is 5.89. The van der Waals surface area contributed by atoms with Crippen molar-refractivity contribution in [2.45, 2.75) is 32.0 Å². The Labute approximate surface area is 178 Å². The van der Waals surface area contributed by atoms with E-state index in [1.807, 2.05) is 36.4 Å². The number of ether oxygens (including phenoxy) is 3. The van der Waals surface area contributed by atoms with Gasteiger partial charge in [-0.2, -0.15) is 0 Å². The minimum Gasteiger partial charge on any atom is -0.497 e. The number of nitrogens with zero attached hydrogens (tertiary/aromatic N) is 2. The molecule has 0 bridgehead atoms. The molecule has 1 saturated heterocycles. The van der Waals surface area contributed by atoms with Crippen molar-refractivity contribution in [3.05, 3.63) is 83.7 Å². The third kappa shape index (κ3) is 4.74. The first-order valence-electron chi connectivity index (χ1n) is 10.3. The van der Waals surface area contributed by atoms with E-state index in [4.69, 9.17) is 14.2 Å². The quantitative estimate of drug-likeness (QED) is 0.528. The van der Waals surface area contributed by atoms with Gasteiger partial charge in [0.2, 0.25) is 0 Å². The fourth-order valence-electron chi connectivity index (χ4n) is 4.04. The van der Waals surface area contributed by atoms with Gasteiger partial charge in [0.15, 0.2) is 0 Å². The lowest BCUT2D eigenvalue weighted by Crippen LogP contribution is -2.23. The van der Waals surface area contributed by atoms with Crippen LogP contribution in [0.1, 0.15) is 35.6 Å². The predicted octanol–water partition coefficient (Wildman–Crippen LogP) is 5.01. The fourth-order valence-corrected chi connectivity index (χ4v) is 4.04. The number of benzene rings is 2. The zero-order valence-electron chi connectivity index (χ0n) is 17.6. The van der Waals surface area contributed by atoms with Crippen molar-refractivity contribution in [2.75, 3.05) is 20.8 Å². The molecule has 3 aromatic rings. The molecule has 0 N–H and O–H groups in total. The van der Waals surface area contributed by atoms with E-state index in [9.17, 15) is 0 Å². The number of hydrogen-bond donors (Lipinski definition) is 0. The molecule has 0 unspecified atom stereocenters. The summed E-state index contributed by atoms with van der Waals surface area (Å²) in [6.45, 7) is 2.52. The fraction of sp³-hybridized carbons (Fsp3) is 0.320. The summed E-state index contributed by atoms with van der Waals surface area (Å²) in [5.74, 6) is 2.67. The van der Waals surface area contributed by atoms with E-state index in [1.165, 1.54) is 17.5 Å². The van der Waals surface area contributed by atoms with Crippen molar-refractivity contribution in [3.8, 4) is 17.2 Å². The van der Waals surface area contributed by atoms with Crippen LogP contribution in [-0.4, -0.2) is 30.6 Å². The molecule has 2 heterocycles. The highest BCUT2D eigenvalue weighted by Gasteiger charge is 2.28. The van der Waals surface area contributed by atoms with E-state index in [0.717, 1.165) is 42.3 Å². The molecular formula is C25H28N2O3. The molecule has 1 aromatic heterocycles. The van der Waals surface area contributed by atoms with Crippen molar-refractivity contribution in [2.24, 2.45) is 0 Å². The molecule has 0 radical (unpaired) electrons. The van der Waals surface area contributed by atoms with Gasteiger partial charge >= 0.3 is 0 Å². The Kier molecular flexibility index (Phi) is 6.50. The van der Waals surface area contributed by atoms with Gasteiger partial charge in [0, 0.05) is 30.5 Å². The first kappa shape index (κ1) is 20.2. The lowest BCUT2D eigenvalue weighted by atomic mass is 10.0. The summed E-state index contributed by atoms with van der Waals surface area (Å²) in [6, 6.07) is 18.7. The average Bonchev–Trinajstić information content (AvgIpc) is 3.26. The SMILES string of the molecule is COc1ccc(OC)c([C@@H]2CCCN2Cc2ccc(OCc3ccncc3)cc2)c1. The van der Waals surface area contributed by atoms with E-state index >= 15 is 0 Å². The first-order chi connectivity index (χ1) is 14.8. The van der Waals surface area contributed by atoms with Gasteiger partial charge in [-0.05, 0) is 73.0 Å². The van der Waals surface area contributed by atoms with Crippen LogP contribution in [0.25, 0.3) is 0 Å². The van der Waals surface area contributed by atoms with Gasteiger partial charge in [-0.3, -0.25) is 9.88 Å². The van der Waals surface area contributed by atoms with Crippen LogP contribution >= 0.6 is 0 Å². The summed E-state index contributed by atoms with van der Waals surface area (Å²) >= 11 is 0. The van der Waals surface area contributed by atoms with Crippen LogP contribution in [-0.2, 0) is 13.2 Å². The van der Waals surface area contributed by atoms with E-state index in [1.54, 1.807) is 26.6 Å². The molecule has 1 aliphatic heterocycles. The predicted molar refractivity (Wildman–Crippen MR) is 117 cm³/mol. The van der Waals surface area contributed by atoms with E-state index in [0.29, 0.717) is 12.6 Å². The molecule has 0 saturated carbocycles. The van der Waals surface area contributed by atoms with Gasteiger partial charge in [-0.15, -0.1) is 0 Å². The Morgan fingerprint density at radius 3 is 2.40 bits per heavy atom. The van der Waals surface area contributed by atoms with Crippen LogP contribution in [0.15, 0.2) is 67.0 Å². The standard InChI is InChI=1S/C25H28N2O3/c1-28-22-9-10-25(29-2)23(16-22)24-4-3-15-27(24)17-19-5-7-21(8-6-19)30-18-20-11-13-26-14-12-20/h5-14,16,24H,3-4,15,17-18H2,1-2H3/t24-/m0/s1. The highest BCUT2D eigenvalue weighted by atomic mass is 16.5. The van der Waals surface area contributed by atoms with Crippen LogP contribution in [0.3, 0.4) is 0 Å². The van der Waals surface area contributed by atoms with Crippen molar-refractivity contribution < 1.29 is 14.2 Å². The molecule has 5 nitrogen and oxygen atoms in total. The minimum atomic E-state index is 0.331. The molecule has 0 aliphatic carbocycles. The molecule has 2 aromatic carbocycles. The van der Waals surface area contributed by atoms with E-state index in [2.05, 4.69) is 28.1 Å². The van der Waals surface area contributed by atoms with E-state index in [-0.39, 0.29) is 0 Å². The van der Waals surface area contributed by atoms with E-state index < -0.39 is 0 Å². The van der Waals surface area contributed by atoms with Gasteiger partial charge in [-0.1, -0.05) is 12.1 Å². The Morgan fingerprint density at radius 2 is 1.67 bits per heavy atom. The van der Waals surface area contributed by atoms with Crippen LogP contribution < -0.4 is 14.2 Å². The summed E-state index contributed by atoms with van der Waals surface area (Å²) < 4.78 is 17.0. The minimum absolute atomic E-state index is 0.331. The second-order valence-corrected chi connectivity index (χ2v) is 7.52. The van der Waals surface area contributed by atoms with Gasteiger partial charge in [-0.25, -0.2) is 0 Å². The van der Waals surface area contributed by atoms with Crippen molar-refractivity contribution >= 4 is 0 Å². The molecule has 1 fully saturated rings. The Bertz CT molecular complexity index is 944. The highest BCUT2D eigenvalue weighted by Crippen LogP contribution is 2.39. The first-order valence-corrected chi connectivity index (χ1v) is 10.3. The number of aromatic nitrogens is 1. The molecule has 5 heteroatoms. The number of likely N-dealkylation sites (tertiary alicyclic amines) is 1. The molecule has 4 rings (SSSR count). The van der Waals surface area contributed by atoms with Crippen molar-refractivity contribution in [3.63, 3.8) is 0 Å². The maximum Gasteiger partial charge on any atom is 0.123 e. The highest BCUT2D eigenvalue weighted by molar-refractivity contribution is 5.42. The van der Waals surface area contributed by atoms with Gasteiger partial charge in [0.1, 0.15) is 23.9 Å². The summed E-state index contributed by atoms with van der Waals surface area (Å²) in [4.78, 5) is 6.55. The van der Waals surface area contributed by atoms with Gasteiger partial charge < -0.3 is 14.2 Å². The average molecular weight is 405 g/mol. The second kappa shape index (κ2) is 9.63. The molecule has 156 valence electrons. The van der Waals surface area contributed by atoms with Gasteiger partial charge in [0.25, 0.3) is 0 Å². The number of methoxy groups -OCH3 is 2. The summed E-state index contributed by atoms with van der Waals surface area (Å²) in [6.07, 6.45) is 5.87. The van der Waals surface area contributed by atoms with Gasteiger partial charge in [0.05, 0.1) is 14.2 Å². The Balaban J connectivity index is 1.42. The smallest absolute Gasteiger partial charge is 0.123 e. The number of rotatable bonds is 8. The third-order valence-corrected chi connectivity index (χ3v) is 5.62. The van der Waals surface area contributed by atoms with Crippen LogP contribution in [0.5, 0.6) is 17.2 Å². The van der Waals surface area contributed by atoms with Crippen molar-refractivity contribution in [1.82, 2.24) is 9.88 Å². The third-order valence-electron chi connectivity index (χ3n) is 5.62. The van der Waals surface area contributed by atoms with Crippen molar-refractivity contribution in [1.29, 1.82) is 0 Å². The molecule has 30 heavy (non-hydrogen) atoms. The molecule has 0 amide bonds. The lowest BCUT2D eigenvalue weighted by Gasteiger charge is -2.26. The summed E-state index contributed by atoms with van der Waals surface area (Å²) in [7, 11) is 3.44. The van der Waals surface area contributed by atoms with Crippen LogP contribution in [0.2, 0.25) is 0 Å². The second-order valence-electron chi connectivity index (χ2n) is 7.52. The van der Waals surface area contributed by atoms with Crippen LogP contribution in [0, 0.1) is 0 Å². The summed E-state index contributed by atoms with van der Waals surface area (Å²) in [5.41, 5.74) is 3.59.